The molecule has 1 saturated carbocycles. The van der Waals surface area contributed by atoms with Crippen molar-refractivity contribution < 1.29 is 14.3 Å². The topological polar surface area (TPSA) is 96.5 Å². The highest BCUT2D eigenvalue weighted by Crippen LogP contribution is 2.28. The summed E-state index contributed by atoms with van der Waals surface area (Å²) in [5, 5.41) is 5.99. The molecule has 2 amide bonds. The molecule has 156 valence electrons. The van der Waals surface area contributed by atoms with E-state index in [-0.39, 0.29) is 24.0 Å². The lowest BCUT2D eigenvalue weighted by molar-refractivity contribution is -0.111. The average Bonchev–Trinajstić information content (AvgIpc) is 3.45. The lowest BCUT2D eigenvalue weighted by atomic mass is 10.2. The van der Waals surface area contributed by atoms with Crippen molar-refractivity contribution in [1.29, 1.82) is 0 Å². The molecule has 1 aromatic carbocycles. The number of aromatic nitrogens is 2. The summed E-state index contributed by atoms with van der Waals surface area (Å²) in [6, 6.07) is 6.93. The fourth-order valence-electron chi connectivity index (χ4n) is 3.28. The maximum Gasteiger partial charge on any atom is 0.253 e. The molecule has 8 heteroatoms. The molecule has 1 atom stereocenters. The number of nitrogens with one attached hydrogen (secondary N) is 2. The zero-order valence-corrected chi connectivity index (χ0v) is 16.9. The van der Waals surface area contributed by atoms with Crippen molar-refractivity contribution in [2.45, 2.75) is 38.3 Å². The first kappa shape index (κ1) is 19.9. The van der Waals surface area contributed by atoms with Gasteiger partial charge in [-0.25, -0.2) is 4.98 Å². The van der Waals surface area contributed by atoms with E-state index < -0.39 is 0 Å². The smallest absolute Gasteiger partial charge is 0.253 e. The van der Waals surface area contributed by atoms with Gasteiger partial charge in [-0.1, -0.05) is 6.58 Å². The first-order valence-electron chi connectivity index (χ1n) is 10.1. The molecule has 8 nitrogen and oxygen atoms in total. The third kappa shape index (κ3) is 4.76. The normalized spacial score (nSPS) is 18.0. The molecular weight excluding hydrogens is 382 g/mol. The predicted molar refractivity (Wildman–Crippen MR) is 114 cm³/mol. The molecule has 0 bridgehead atoms. The second kappa shape index (κ2) is 8.52. The van der Waals surface area contributed by atoms with E-state index in [0.29, 0.717) is 36.2 Å². The molecule has 2 N–H and O–H groups in total. The summed E-state index contributed by atoms with van der Waals surface area (Å²) in [6.07, 6.45) is 6.21. The standard InChI is InChI=1S/C22H25N5O3/c1-3-19(28)24-16-6-4-15(5-7-16)21(29)27-11-10-17(13-27)25-22-23-12-14(2)20(26-22)30-18-8-9-18/h3-7,12,17-18H,1,8-11,13H2,2H3,(H,24,28)(H,23,25,26)/t17-/m0/s1. The summed E-state index contributed by atoms with van der Waals surface area (Å²) >= 11 is 0. The number of carbonyl (C=O) groups is 2. The highest BCUT2D eigenvalue weighted by molar-refractivity contribution is 5.99. The van der Waals surface area contributed by atoms with Gasteiger partial charge in [0.15, 0.2) is 0 Å². The summed E-state index contributed by atoms with van der Waals surface area (Å²) in [6.45, 7) is 6.59. The minimum absolute atomic E-state index is 0.0384. The molecule has 0 unspecified atom stereocenters. The Morgan fingerprint density at radius 2 is 2.00 bits per heavy atom. The Bertz CT molecular complexity index is 956. The van der Waals surface area contributed by atoms with E-state index in [4.69, 9.17) is 4.74 Å². The van der Waals surface area contributed by atoms with Crippen LogP contribution in [0.4, 0.5) is 11.6 Å². The summed E-state index contributed by atoms with van der Waals surface area (Å²) < 4.78 is 5.83. The van der Waals surface area contributed by atoms with Gasteiger partial charge in [-0.05, 0) is 56.5 Å². The van der Waals surface area contributed by atoms with Crippen LogP contribution < -0.4 is 15.4 Å². The van der Waals surface area contributed by atoms with Crippen molar-refractivity contribution in [3.63, 3.8) is 0 Å². The van der Waals surface area contributed by atoms with Gasteiger partial charge < -0.3 is 20.3 Å². The van der Waals surface area contributed by atoms with E-state index in [1.807, 2.05) is 11.8 Å². The largest absolute Gasteiger partial charge is 0.474 e. The molecule has 0 spiro atoms. The van der Waals surface area contributed by atoms with Crippen molar-refractivity contribution in [3.05, 3.63) is 54.2 Å². The van der Waals surface area contributed by atoms with Crippen LogP contribution in [0.5, 0.6) is 5.88 Å². The molecule has 30 heavy (non-hydrogen) atoms. The molecule has 2 aliphatic rings. The van der Waals surface area contributed by atoms with Crippen molar-refractivity contribution in [1.82, 2.24) is 14.9 Å². The monoisotopic (exact) mass is 407 g/mol. The SMILES string of the molecule is C=CC(=O)Nc1ccc(C(=O)N2CC[C@H](Nc3ncc(C)c(OC4CC4)n3)C2)cc1. The molecule has 1 aliphatic carbocycles. The number of benzene rings is 1. The molecule has 2 aromatic rings. The number of carbonyl (C=O) groups excluding carboxylic acids is 2. The molecular formula is C22H25N5O3. The Balaban J connectivity index is 1.34. The summed E-state index contributed by atoms with van der Waals surface area (Å²) in [4.78, 5) is 34.8. The third-order valence-electron chi connectivity index (χ3n) is 5.12. The van der Waals surface area contributed by atoms with Crippen molar-refractivity contribution in [3.8, 4) is 5.88 Å². The molecule has 4 rings (SSSR count). The van der Waals surface area contributed by atoms with Gasteiger partial charge in [0.25, 0.3) is 5.91 Å². The predicted octanol–water partition coefficient (Wildman–Crippen LogP) is 2.78. The van der Waals surface area contributed by atoms with E-state index in [2.05, 4.69) is 27.2 Å². The number of anilines is 2. The van der Waals surface area contributed by atoms with Crippen molar-refractivity contribution in [2.24, 2.45) is 0 Å². The number of ether oxygens (including phenoxy) is 1. The minimum atomic E-state index is -0.286. The van der Waals surface area contributed by atoms with Crippen molar-refractivity contribution >= 4 is 23.5 Å². The van der Waals surface area contributed by atoms with E-state index in [9.17, 15) is 9.59 Å². The van der Waals surface area contributed by atoms with E-state index in [1.165, 1.54) is 6.08 Å². The molecule has 1 aliphatic heterocycles. The second-order valence-corrected chi connectivity index (χ2v) is 7.65. The number of rotatable bonds is 7. The molecule has 2 fully saturated rings. The average molecular weight is 407 g/mol. The van der Waals surface area contributed by atoms with Gasteiger partial charge in [-0.3, -0.25) is 9.59 Å². The minimum Gasteiger partial charge on any atom is -0.474 e. The first-order valence-corrected chi connectivity index (χ1v) is 10.1. The van der Waals surface area contributed by atoms with Gasteiger partial charge in [0, 0.05) is 42.1 Å². The Kier molecular flexibility index (Phi) is 5.65. The van der Waals surface area contributed by atoms with Gasteiger partial charge >= 0.3 is 0 Å². The van der Waals surface area contributed by atoms with E-state index in [1.54, 1.807) is 30.5 Å². The van der Waals surface area contributed by atoms with E-state index >= 15 is 0 Å². The zero-order valence-electron chi connectivity index (χ0n) is 16.9. The van der Waals surface area contributed by atoms with Crippen LogP contribution in [0.3, 0.4) is 0 Å². The number of nitrogens with zero attached hydrogens (tertiary/aromatic N) is 3. The molecule has 0 radical (unpaired) electrons. The highest BCUT2D eigenvalue weighted by atomic mass is 16.5. The molecule has 1 saturated heterocycles. The van der Waals surface area contributed by atoms with Gasteiger partial charge in [-0.15, -0.1) is 0 Å². The van der Waals surface area contributed by atoms with Crippen LogP contribution in [0.2, 0.25) is 0 Å². The Labute approximate surface area is 175 Å². The number of amides is 2. The van der Waals surface area contributed by atoms with Crippen molar-refractivity contribution in [2.75, 3.05) is 23.7 Å². The van der Waals surface area contributed by atoms with Crippen LogP contribution in [0.15, 0.2) is 43.1 Å². The Morgan fingerprint density at radius 1 is 1.23 bits per heavy atom. The van der Waals surface area contributed by atoms with Gasteiger partial charge in [0.1, 0.15) is 6.10 Å². The number of hydrogen-bond donors (Lipinski definition) is 2. The second-order valence-electron chi connectivity index (χ2n) is 7.65. The summed E-state index contributed by atoms with van der Waals surface area (Å²) in [7, 11) is 0. The molecule has 1 aromatic heterocycles. The van der Waals surface area contributed by atoms with Crippen LogP contribution in [0.25, 0.3) is 0 Å². The number of likely N-dealkylation sites (tertiary alicyclic amines) is 1. The molecule has 2 heterocycles. The highest BCUT2D eigenvalue weighted by Gasteiger charge is 2.28. The first-order chi connectivity index (χ1) is 14.5. The van der Waals surface area contributed by atoms with Crippen LogP contribution >= 0.6 is 0 Å². The third-order valence-corrected chi connectivity index (χ3v) is 5.12. The maximum absolute atomic E-state index is 12.8. The fourth-order valence-corrected chi connectivity index (χ4v) is 3.28. The van der Waals surface area contributed by atoms with Crippen LogP contribution in [0, 0.1) is 6.92 Å². The van der Waals surface area contributed by atoms with Crippen LogP contribution in [0.1, 0.15) is 35.2 Å². The lowest BCUT2D eigenvalue weighted by Crippen LogP contribution is -2.31. The quantitative estimate of drug-likeness (QED) is 0.685. The van der Waals surface area contributed by atoms with Gasteiger partial charge in [-0.2, -0.15) is 4.98 Å². The number of hydrogen-bond acceptors (Lipinski definition) is 6. The van der Waals surface area contributed by atoms with Crippen LogP contribution in [-0.2, 0) is 4.79 Å². The van der Waals surface area contributed by atoms with Crippen LogP contribution in [-0.4, -0.2) is 51.9 Å². The zero-order chi connectivity index (χ0) is 21.1. The Hall–Kier alpha value is -3.42. The fraction of sp³-hybridized carbons (Fsp3) is 0.364. The maximum atomic E-state index is 12.8. The van der Waals surface area contributed by atoms with Gasteiger partial charge in [0.05, 0.1) is 0 Å². The van der Waals surface area contributed by atoms with E-state index in [0.717, 1.165) is 24.8 Å². The number of aryl methyl sites for hydroxylation is 1. The Morgan fingerprint density at radius 3 is 2.70 bits per heavy atom. The van der Waals surface area contributed by atoms with Gasteiger partial charge in [0.2, 0.25) is 17.7 Å². The summed E-state index contributed by atoms with van der Waals surface area (Å²) in [5.74, 6) is 0.831. The lowest BCUT2D eigenvalue weighted by Gasteiger charge is -2.18. The summed E-state index contributed by atoms with van der Waals surface area (Å²) in [5.41, 5.74) is 2.13.